The first-order chi connectivity index (χ1) is 7.95. The van der Waals surface area contributed by atoms with Crippen LogP contribution < -0.4 is 5.32 Å². The Balaban J connectivity index is 1.67. The summed E-state index contributed by atoms with van der Waals surface area (Å²) >= 11 is 0. The summed E-state index contributed by atoms with van der Waals surface area (Å²) in [6, 6.07) is 10.5. The van der Waals surface area contributed by atoms with Crippen molar-refractivity contribution in [2.24, 2.45) is 5.92 Å². The van der Waals surface area contributed by atoms with Crippen molar-refractivity contribution < 1.29 is 0 Å². The second kappa shape index (κ2) is 6.57. The van der Waals surface area contributed by atoms with Crippen LogP contribution in [0.15, 0.2) is 30.3 Å². The molecule has 0 bridgehead atoms. The van der Waals surface area contributed by atoms with Crippen molar-refractivity contribution in [2.75, 3.05) is 11.9 Å². The fourth-order valence-corrected chi connectivity index (χ4v) is 2.63. The minimum Gasteiger partial charge on any atom is -0.385 e. The smallest absolute Gasteiger partial charge is 0.0340 e. The van der Waals surface area contributed by atoms with Crippen LogP contribution in [-0.2, 0) is 0 Å². The van der Waals surface area contributed by atoms with E-state index in [1.54, 1.807) is 0 Å². The number of hydrogen-bond acceptors (Lipinski definition) is 1. The highest BCUT2D eigenvalue weighted by Gasteiger charge is 2.11. The van der Waals surface area contributed by atoms with Gasteiger partial charge in [0.2, 0.25) is 0 Å². The average molecular weight is 217 g/mol. The Bertz CT molecular complexity index is 273. The van der Waals surface area contributed by atoms with Crippen LogP contribution in [0.25, 0.3) is 0 Å². The van der Waals surface area contributed by atoms with Crippen LogP contribution in [0.2, 0.25) is 0 Å². The minimum atomic E-state index is 0.971. The van der Waals surface area contributed by atoms with E-state index in [-0.39, 0.29) is 0 Å². The predicted molar refractivity (Wildman–Crippen MR) is 70.7 cm³/mol. The van der Waals surface area contributed by atoms with E-state index >= 15 is 0 Å². The van der Waals surface area contributed by atoms with Gasteiger partial charge in [-0.25, -0.2) is 0 Å². The SMILES string of the molecule is c1ccc(NCCC2CCCCCC2)cc1. The zero-order valence-electron chi connectivity index (χ0n) is 10.1. The molecule has 0 spiro atoms. The lowest BCUT2D eigenvalue weighted by atomic mass is 9.97. The van der Waals surface area contributed by atoms with Crippen LogP contribution >= 0.6 is 0 Å². The fraction of sp³-hybridized carbons (Fsp3) is 0.600. The molecule has 1 aromatic carbocycles. The fourth-order valence-electron chi connectivity index (χ4n) is 2.63. The Morgan fingerprint density at radius 1 is 0.938 bits per heavy atom. The summed E-state index contributed by atoms with van der Waals surface area (Å²) in [4.78, 5) is 0. The van der Waals surface area contributed by atoms with Gasteiger partial charge < -0.3 is 5.32 Å². The largest absolute Gasteiger partial charge is 0.385 e. The zero-order valence-corrected chi connectivity index (χ0v) is 10.1. The molecule has 1 aliphatic carbocycles. The van der Waals surface area contributed by atoms with Gasteiger partial charge in [0, 0.05) is 12.2 Å². The normalized spacial score (nSPS) is 18.0. The van der Waals surface area contributed by atoms with E-state index in [0.717, 1.165) is 12.5 Å². The molecule has 0 aromatic heterocycles. The first-order valence-corrected chi connectivity index (χ1v) is 6.74. The van der Waals surface area contributed by atoms with Crippen molar-refractivity contribution in [3.8, 4) is 0 Å². The van der Waals surface area contributed by atoms with Gasteiger partial charge in [-0.2, -0.15) is 0 Å². The highest BCUT2D eigenvalue weighted by Crippen LogP contribution is 2.25. The molecule has 1 aliphatic rings. The summed E-state index contributed by atoms with van der Waals surface area (Å²) in [6.45, 7) is 1.13. The first kappa shape index (κ1) is 11.5. The van der Waals surface area contributed by atoms with Gasteiger partial charge in [-0.05, 0) is 24.5 Å². The number of benzene rings is 1. The number of anilines is 1. The molecule has 0 unspecified atom stereocenters. The highest BCUT2D eigenvalue weighted by molar-refractivity contribution is 5.42. The second-order valence-electron chi connectivity index (χ2n) is 4.94. The highest BCUT2D eigenvalue weighted by atomic mass is 14.9. The van der Waals surface area contributed by atoms with Crippen molar-refractivity contribution in [3.05, 3.63) is 30.3 Å². The first-order valence-electron chi connectivity index (χ1n) is 6.74. The molecule has 1 fully saturated rings. The van der Waals surface area contributed by atoms with E-state index in [1.807, 2.05) is 0 Å². The number of nitrogens with one attached hydrogen (secondary N) is 1. The van der Waals surface area contributed by atoms with E-state index in [2.05, 4.69) is 35.6 Å². The summed E-state index contributed by atoms with van der Waals surface area (Å²) in [6.07, 6.45) is 10.1. The van der Waals surface area contributed by atoms with Crippen molar-refractivity contribution in [3.63, 3.8) is 0 Å². The van der Waals surface area contributed by atoms with E-state index in [4.69, 9.17) is 0 Å². The van der Waals surface area contributed by atoms with Crippen LogP contribution in [0.1, 0.15) is 44.9 Å². The molecule has 88 valence electrons. The topological polar surface area (TPSA) is 12.0 Å². The molecular weight excluding hydrogens is 194 g/mol. The maximum atomic E-state index is 3.51. The van der Waals surface area contributed by atoms with Gasteiger partial charge in [0.05, 0.1) is 0 Å². The van der Waals surface area contributed by atoms with Crippen LogP contribution in [0.4, 0.5) is 5.69 Å². The summed E-state index contributed by atoms with van der Waals surface area (Å²) in [7, 11) is 0. The van der Waals surface area contributed by atoms with Gasteiger partial charge in [0.1, 0.15) is 0 Å². The molecule has 0 atom stereocenters. The zero-order chi connectivity index (χ0) is 11.1. The summed E-state index contributed by atoms with van der Waals surface area (Å²) in [5.74, 6) is 0.971. The maximum absolute atomic E-state index is 3.51. The average Bonchev–Trinajstić information content (AvgIpc) is 2.59. The molecule has 16 heavy (non-hydrogen) atoms. The van der Waals surface area contributed by atoms with Crippen LogP contribution in [0.3, 0.4) is 0 Å². The maximum Gasteiger partial charge on any atom is 0.0340 e. The molecule has 2 rings (SSSR count). The van der Waals surface area contributed by atoms with E-state index in [1.165, 1.54) is 50.6 Å². The lowest BCUT2D eigenvalue weighted by Crippen LogP contribution is -2.08. The Hall–Kier alpha value is -0.980. The quantitative estimate of drug-likeness (QED) is 0.734. The lowest BCUT2D eigenvalue weighted by molar-refractivity contribution is 0.439. The third-order valence-electron chi connectivity index (χ3n) is 3.63. The van der Waals surface area contributed by atoms with Crippen LogP contribution in [0, 0.1) is 5.92 Å². The molecule has 1 heteroatoms. The summed E-state index contributed by atoms with van der Waals surface area (Å²) in [5.41, 5.74) is 1.26. The molecule has 0 aliphatic heterocycles. The summed E-state index contributed by atoms with van der Waals surface area (Å²) in [5, 5.41) is 3.51. The van der Waals surface area contributed by atoms with Crippen molar-refractivity contribution in [2.45, 2.75) is 44.9 Å². The Morgan fingerprint density at radius 2 is 1.62 bits per heavy atom. The third kappa shape index (κ3) is 3.88. The van der Waals surface area contributed by atoms with Gasteiger partial charge in [-0.15, -0.1) is 0 Å². The van der Waals surface area contributed by atoms with Gasteiger partial charge in [0.15, 0.2) is 0 Å². The molecule has 1 aromatic rings. The predicted octanol–water partition coefficient (Wildman–Crippen LogP) is 4.46. The lowest BCUT2D eigenvalue weighted by Gasteiger charge is -2.14. The molecule has 1 saturated carbocycles. The molecular formula is C15H23N. The molecule has 1 N–H and O–H groups in total. The van der Waals surface area contributed by atoms with Gasteiger partial charge in [-0.3, -0.25) is 0 Å². The number of rotatable bonds is 4. The minimum absolute atomic E-state index is 0.971. The van der Waals surface area contributed by atoms with E-state index in [0.29, 0.717) is 0 Å². The number of para-hydroxylation sites is 1. The van der Waals surface area contributed by atoms with Gasteiger partial charge >= 0.3 is 0 Å². The number of hydrogen-bond donors (Lipinski definition) is 1. The van der Waals surface area contributed by atoms with Gasteiger partial charge in [-0.1, -0.05) is 56.7 Å². The Morgan fingerprint density at radius 3 is 2.31 bits per heavy atom. The van der Waals surface area contributed by atoms with Crippen molar-refractivity contribution in [1.29, 1.82) is 0 Å². The molecule has 0 amide bonds. The van der Waals surface area contributed by atoms with Crippen molar-refractivity contribution in [1.82, 2.24) is 0 Å². The molecule has 0 saturated heterocycles. The second-order valence-corrected chi connectivity index (χ2v) is 4.94. The van der Waals surface area contributed by atoms with Gasteiger partial charge in [0.25, 0.3) is 0 Å². The third-order valence-corrected chi connectivity index (χ3v) is 3.63. The Labute approximate surface area is 99.3 Å². The molecule has 0 radical (unpaired) electrons. The van der Waals surface area contributed by atoms with Crippen LogP contribution in [0.5, 0.6) is 0 Å². The van der Waals surface area contributed by atoms with Crippen molar-refractivity contribution >= 4 is 5.69 Å². The standard InChI is InChI=1S/C15H23N/c1-2-5-9-14(8-4-1)12-13-16-15-10-6-3-7-11-15/h3,6-7,10-11,14,16H,1-2,4-5,8-9,12-13H2. The van der Waals surface area contributed by atoms with Crippen LogP contribution in [-0.4, -0.2) is 6.54 Å². The monoisotopic (exact) mass is 217 g/mol. The Kier molecular flexibility index (Phi) is 4.72. The van der Waals surface area contributed by atoms with E-state index < -0.39 is 0 Å². The molecule has 1 nitrogen and oxygen atoms in total. The summed E-state index contributed by atoms with van der Waals surface area (Å²) < 4.78 is 0. The molecule has 0 heterocycles. The van der Waals surface area contributed by atoms with E-state index in [9.17, 15) is 0 Å².